The predicted octanol–water partition coefficient (Wildman–Crippen LogP) is 1.69. The lowest BCUT2D eigenvalue weighted by Gasteiger charge is -2.22. The van der Waals surface area contributed by atoms with Crippen LogP contribution in [0.4, 0.5) is 0 Å². The van der Waals surface area contributed by atoms with Crippen LogP contribution >= 0.6 is 0 Å². The van der Waals surface area contributed by atoms with Gasteiger partial charge in [-0.3, -0.25) is 9.90 Å². The standard InChI is InChI=1S/C9H15NO2/c1-3-11-9-6-5-7-10(8-9)12-4-2/h5-7H,3-4,8H2,1-2H3. The molecule has 3 heteroatoms. The fourth-order valence-corrected chi connectivity index (χ4v) is 1.04. The van der Waals surface area contributed by atoms with Gasteiger partial charge in [-0.2, -0.15) is 0 Å². The van der Waals surface area contributed by atoms with Crippen molar-refractivity contribution in [1.82, 2.24) is 5.06 Å². The van der Waals surface area contributed by atoms with Crippen molar-refractivity contribution in [3.8, 4) is 0 Å². The Morgan fingerprint density at radius 1 is 1.42 bits per heavy atom. The molecule has 0 aliphatic carbocycles. The van der Waals surface area contributed by atoms with Crippen molar-refractivity contribution >= 4 is 0 Å². The van der Waals surface area contributed by atoms with Gasteiger partial charge in [0.15, 0.2) is 0 Å². The summed E-state index contributed by atoms with van der Waals surface area (Å²) in [7, 11) is 0. The van der Waals surface area contributed by atoms with Crippen molar-refractivity contribution < 1.29 is 9.57 Å². The van der Waals surface area contributed by atoms with E-state index >= 15 is 0 Å². The molecule has 0 aromatic rings. The van der Waals surface area contributed by atoms with E-state index < -0.39 is 0 Å². The molecular weight excluding hydrogens is 154 g/mol. The first kappa shape index (κ1) is 9.13. The Bertz CT molecular complexity index is 187. The fraction of sp³-hybridized carbons (Fsp3) is 0.556. The highest BCUT2D eigenvalue weighted by Crippen LogP contribution is 2.08. The van der Waals surface area contributed by atoms with Gasteiger partial charge in [0.2, 0.25) is 0 Å². The maximum atomic E-state index is 5.35. The Kier molecular flexibility index (Phi) is 3.67. The van der Waals surface area contributed by atoms with Gasteiger partial charge in [-0.15, -0.1) is 0 Å². The number of hydroxylamine groups is 2. The molecule has 0 aromatic heterocycles. The number of ether oxygens (including phenoxy) is 1. The molecule has 0 saturated carbocycles. The maximum Gasteiger partial charge on any atom is 0.118 e. The largest absolute Gasteiger partial charge is 0.496 e. The lowest BCUT2D eigenvalue weighted by Crippen LogP contribution is -2.23. The molecule has 0 fully saturated rings. The molecule has 1 aliphatic rings. The summed E-state index contributed by atoms with van der Waals surface area (Å²) in [5, 5.41) is 1.77. The molecule has 1 rings (SSSR count). The topological polar surface area (TPSA) is 21.7 Å². The van der Waals surface area contributed by atoms with E-state index in [9.17, 15) is 0 Å². The smallest absolute Gasteiger partial charge is 0.118 e. The summed E-state index contributed by atoms with van der Waals surface area (Å²) in [6, 6.07) is 0. The highest BCUT2D eigenvalue weighted by Gasteiger charge is 2.07. The normalized spacial score (nSPS) is 16.2. The first-order valence-electron chi connectivity index (χ1n) is 4.26. The average molecular weight is 169 g/mol. The molecule has 0 amide bonds. The zero-order chi connectivity index (χ0) is 8.81. The van der Waals surface area contributed by atoms with Crippen molar-refractivity contribution in [2.24, 2.45) is 0 Å². The molecule has 0 radical (unpaired) electrons. The van der Waals surface area contributed by atoms with Crippen LogP contribution in [-0.2, 0) is 9.57 Å². The summed E-state index contributed by atoms with van der Waals surface area (Å²) in [6.45, 7) is 6.04. The summed E-state index contributed by atoms with van der Waals surface area (Å²) >= 11 is 0. The molecular formula is C9H15NO2. The van der Waals surface area contributed by atoms with E-state index in [1.807, 2.05) is 32.2 Å². The highest BCUT2D eigenvalue weighted by molar-refractivity contribution is 5.12. The lowest BCUT2D eigenvalue weighted by atomic mass is 10.3. The highest BCUT2D eigenvalue weighted by atomic mass is 16.7. The van der Waals surface area contributed by atoms with Crippen LogP contribution in [0.5, 0.6) is 0 Å². The van der Waals surface area contributed by atoms with Crippen molar-refractivity contribution in [1.29, 1.82) is 0 Å². The Labute approximate surface area is 73.2 Å². The van der Waals surface area contributed by atoms with Gasteiger partial charge in [0.1, 0.15) is 12.3 Å². The fourth-order valence-electron chi connectivity index (χ4n) is 1.04. The predicted molar refractivity (Wildman–Crippen MR) is 47.2 cm³/mol. The number of nitrogens with zero attached hydrogens (tertiary/aromatic N) is 1. The van der Waals surface area contributed by atoms with Crippen LogP contribution in [-0.4, -0.2) is 24.8 Å². The van der Waals surface area contributed by atoms with Crippen LogP contribution in [0.25, 0.3) is 0 Å². The van der Waals surface area contributed by atoms with Crippen LogP contribution < -0.4 is 0 Å². The summed E-state index contributed by atoms with van der Waals surface area (Å²) < 4.78 is 5.35. The van der Waals surface area contributed by atoms with Gasteiger partial charge in [0, 0.05) is 6.20 Å². The van der Waals surface area contributed by atoms with Crippen molar-refractivity contribution in [2.75, 3.05) is 19.8 Å². The summed E-state index contributed by atoms with van der Waals surface area (Å²) in [6.07, 6.45) is 5.77. The Hall–Kier alpha value is -0.960. The number of hydrogen-bond acceptors (Lipinski definition) is 3. The zero-order valence-electron chi connectivity index (χ0n) is 7.62. The minimum atomic E-state index is 0.684. The van der Waals surface area contributed by atoms with Crippen molar-refractivity contribution in [3.63, 3.8) is 0 Å². The Morgan fingerprint density at radius 2 is 2.25 bits per heavy atom. The van der Waals surface area contributed by atoms with E-state index in [2.05, 4.69) is 0 Å². The molecule has 0 atom stereocenters. The van der Waals surface area contributed by atoms with E-state index in [1.54, 1.807) is 5.06 Å². The van der Waals surface area contributed by atoms with Crippen LogP contribution in [0.15, 0.2) is 24.1 Å². The van der Waals surface area contributed by atoms with Crippen molar-refractivity contribution in [3.05, 3.63) is 24.1 Å². The second kappa shape index (κ2) is 4.83. The first-order valence-corrected chi connectivity index (χ1v) is 4.26. The summed E-state index contributed by atoms with van der Waals surface area (Å²) in [4.78, 5) is 5.29. The SMILES string of the molecule is CCOC1=CC=CN(OCC)C1. The molecule has 0 unspecified atom stereocenters. The Morgan fingerprint density at radius 3 is 2.92 bits per heavy atom. The molecule has 0 bridgehead atoms. The average Bonchev–Trinajstić information content (AvgIpc) is 2.06. The first-order chi connectivity index (χ1) is 5.86. The zero-order valence-corrected chi connectivity index (χ0v) is 7.62. The molecule has 0 N–H and O–H groups in total. The lowest BCUT2D eigenvalue weighted by molar-refractivity contribution is -0.116. The van der Waals surface area contributed by atoms with Gasteiger partial charge in [-0.25, -0.2) is 0 Å². The minimum Gasteiger partial charge on any atom is -0.496 e. The van der Waals surface area contributed by atoms with Crippen LogP contribution in [0.3, 0.4) is 0 Å². The molecule has 68 valence electrons. The molecule has 0 saturated heterocycles. The van der Waals surface area contributed by atoms with E-state index in [1.165, 1.54) is 0 Å². The van der Waals surface area contributed by atoms with Gasteiger partial charge in [-0.1, -0.05) is 0 Å². The molecule has 1 aliphatic heterocycles. The van der Waals surface area contributed by atoms with Gasteiger partial charge < -0.3 is 4.74 Å². The maximum absolute atomic E-state index is 5.35. The quantitative estimate of drug-likeness (QED) is 0.639. The molecule has 12 heavy (non-hydrogen) atoms. The van der Waals surface area contributed by atoms with Crippen LogP contribution in [0.1, 0.15) is 13.8 Å². The van der Waals surface area contributed by atoms with E-state index in [-0.39, 0.29) is 0 Å². The van der Waals surface area contributed by atoms with E-state index in [4.69, 9.17) is 9.57 Å². The van der Waals surface area contributed by atoms with Crippen LogP contribution in [0.2, 0.25) is 0 Å². The second-order valence-electron chi connectivity index (χ2n) is 2.40. The summed E-state index contributed by atoms with van der Waals surface area (Å²) in [5.41, 5.74) is 0. The number of hydrogen-bond donors (Lipinski definition) is 0. The Balaban J connectivity index is 2.38. The van der Waals surface area contributed by atoms with E-state index in [0.29, 0.717) is 19.8 Å². The van der Waals surface area contributed by atoms with E-state index in [0.717, 1.165) is 5.76 Å². The third-order valence-corrected chi connectivity index (χ3v) is 1.47. The van der Waals surface area contributed by atoms with Gasteiger partial charge in [-0.05, 0) is 26.0 Å². The third kappa shape index (κ3) is 2.58. The molecule has 0 aromatic carbocycles. The van der Waals surface area contributed by atoms with Crippen molar-refractivity contribution in [2.45, 2.75) is 13.8 Å². The van der Waals surface area contributed by atoms with Gasteiger partial charge >= 0.3 is 0 Å². The number of rotatable bonds is 4. The number of allylic oxidation sites excluding steroid dienone is 2. The molecule has 1 heterocycles. The molecule has 3 nitrogen and oxygen atoms in total. The van der Waals surface area contributed by atoms with Gasteiger partial charge in [0.25, 0.3) is 0 Å². The van der Waals surface area contributed by atoms with Gasteiger partial charge in [0.05, 0.1) is 13.2 Å². The second-order valence-corrected chi connectivity index (χ2v) is 2.40. The third-order valence-electron chi connectivity index (χ3n) is 1.47. The minimum absolute atomic E-state index is 0.684. The van der Waals surface area contributed by atoms with Crippen LogP contribution in [0, 0.1) is 0 Å². The summed E-state index contributed by atoms with van der Waals surface area (Å²) in [5.74, 6) is 0.952. The monoisotopic (exact) mass is 169 g/mol. The molecule has 0 spiro atoms.